The molecule has 0 aliphatic heterocycles. The summed E-state index contributed by atoms with van der Waals surface area (Å²) in [5.41, 5.74) is -0.229. The van der Waals surface area contributed by atoms with E-state index in [0.29, 0.717) is 0 Å². The Bertz CT molecular complexity index is 1260. The molecule has 0 aliphatic carbocycles. The summed E-state index contributed by atoms with van der Waals surface area (Å²) in [7, 11) is -9.37. The lowest BCUT2D eigenvalue weighted by Gasteiger charge is -2.14. The minimum absolute atomic E-state index is 0.0268. The molecule has 2 aromatic carbocycles. The van der Waals surface area contributed by atoms with Crippen LogP contribution in [0.4, 0.5) is 5.69 Å². The summed E-state index contributed by atoms with van der Waals surface area (Å²) >= 11 is 4.47. The smallest absolute Gasteiger partial charge is 0.295 e. The van der Waals surface area contributed by atoms with E-state index >= 15 is 0 Å². The number of aliphatic imine (C=N–C) groups is 1. The first kappa shape index (κ1) is 22.6. The van der Waals surface area contributed by atoms with Gasteiger partial charge in [0.1, 0.15) is 9.79 Å². The van der Waals surface area contributed by atoms with Crippen molar-refractivity contribution < 1.29 is 30.7 Å². The minimum atomic E-state index is -4.77. The van der Waals surface area contributed by atoms with Crippen molar-refractivity contribution in [1.29, 1.82) is 0 Å². The van der Waals surface area contributed by atoms with Crippen LogP contribution in [-0.2, 0) is 25.0 Å². The quantitative estimate of drug-likeness (QED) is 0.261. The number of rotatable bonds is 6. The summed E-state index contributed by atoms with van der Waals surface area (Å²) in [5, 5.41) is 4.45. The fourth-order valence-electron chi connectivity index (χ4n) is 2.43. The molecule has 0 aromatic heterocycles. The fraction of sp³-hybridized carbons (Fsp3) is 0.0588. The zero-order chi connectivity index (χ0) is 21.8. The Morgan fingerprint density at radius 3 is 2.24 bits per heavy atom. The summed E-state index contributed by atoms with van der Waals surface area (Å²) in [4.78, 5) is 14.2. The van der Waals surface area contributed by atoms with E-state index in [9.17, 15) is 30.7 Å². The van der Waals surface area contributed by atoms with Crippen LogP contribution >= 0.6 is 12.2 Å². The lowest BCUT2D eigenvalue weighted by atomic mass is 10.1. The van der Waals surface area contributed by atoms with Gasteiger partial charge in [-0.25, -0.2) is 0 Å². The summed E-state index contributed by atoms with van der Waals surface area (Å²) < 4.78 is 66.0. The fourth-order valence-corrected chi connectivity index (χ4v) is 3.94. The number of hydrogen-bond acceptors (Lipinski definition) is 7. The average Bonchev–Trinajstić information content (AvgIpc) is 2.60. The van der Waals surface area contributed by atoms with Crippen LogP contribution in [-0.4, -0.2) is 37.0 Å². The van der Waals surface area contributed by atoms with Gasteiger partial charge in [-0.1, -0.05) is 18.2 Å². The number of nitrogens with one attached hydrogen (secondary N) is 1. The number of hydrogen-bond donors (Lipinski definition) is 3. The van der Waals surface area contributed by atoms with E-state index in [2.05, 4.69) is 27.7 Å². The number of carbonyl (C=O) groups is 1. The molecule has 0 bridgehead atoms. The van der Waals surface area contributed by atoms with Crippen molar-refractivity contribution in [3.63, 3.8) is 0 Å². The first-order valence-electron chi connectivity index (χ1n) is 7.69. The van der Waals surface area contributed by atoms with E-state index in [1.54, 1.807) is 0 Å². The lowest BCUT2D eigenvalue weighted by molar-refractivity contribution is -0.117. The molecule has 12 heteroatoms. The highest BCUT2D eigenvalue weighted by molar-refractivity contribution is 7.86. The van der Waals surface area contributed by atoms with Gasteiger partial charge in [0, 0.05) is 18.2 Å². The van der Waals surface area contributed by atoms with Gasteiger partial charge in [0.15, 0.2) is 0 Å². The maximum Gasteiger partial charge on any atom is 0.295 e. The lowest BCUT2D eigenvalue weighted by Crippen LogP contribution is -2.20. The number of thiocarbonyl (C=S) groups is 1. The van der Waals surface area contributed by atoms with E-state index in [1.165, 1.54) is 30.3 Å². The molecule has 0 spiro atoms. The van der Waals surface area contributed by atoms with Crippen LogP contribution in [0.1, 0.15) is 18.1 Å². The Hall–Kier alpha value is -2.73. The summed E-state index contributed by atoms with van der Waals surface area (Å²) in [5.74, 6) is -0.595. The highest BCUT2D eigenvalue weighted by Crippen LogP contribution is 2.29. The van der Waals surface area contributed by atoms with E-state index in [1.807, 2.05) is 0 Å². The second-order valence-electron chi connectivity index (χ2n) is 5.61. The van der Waals surface area contributed by atoms with Crippen molar-refractivity contribution in [1.82, 2.24) is 5.32 Å². The molecule has 2 aromatic rings. The van der Waals surface area contributed by atoms with E-state index < -0.39 is 35.9 Å². The molecule has 29 heavy (non-hydrogen) atoms. The summed E-state index contributed by atoms with van der Waals surface area (Å²) in [6, 6.07) is 8.93. The highest BCUT2D eigenvalue weighted by atomic mass is 32.2. The predicted octanol–water partition coefficient (Wildman–Crippen LogP) is 2.55. The first-order valence-corrected chi connectivity index (χ1v) is 11.0. The number of amides is 1. The molecule has 0 aliphatic rings. The Morgan fingerprint density at radius 1 is 1.07 bits per heavy atom. The van der Waals surface area contributed by atoms with Crippen LogP contribution in [0.2, 0.25) is 0 Å². The van der Waals surface area contributed by atoms with Gasteiger partial charge in [-0.2, -0.15) is 21.8 Å². The van der Waals surface area contributed by atoms with Gasteiger partial charge < -0.3 is 5.32 Å². The standard InChI is InChI=1S/C17H14N2O7S3/c1-11(20)19-15(8-12-4-2-3-5-16(12)28(21,22)23)14-7-6-13(18-10-27)9-17(14)29(24,25)26/h2-9H,1H3,(H,19,20)(H,21,22,23)(H,24,25,26). The number of benzene rings is 2. The molecule has 1 amide bonds. The van der Waals surface area contributed by atoms with Gasteiger partial charge in [0.2, 0.25) is 5.91 Å². The van der Waals surface area contributed by atoms with E-state index in [-0.39, 0.29) is 22.5 Å². The predicted molar refractivity (Wildman–Crippen MR) is 109 cm³/mol. The molecule has 0 saturated carbocycles. The molecule has 2 rings (SSSR count). The third-order valence-electron chi connectivity index (χ3n) is 3.52. The number of carbonyl (C=O) groups excluding carboxylic acids is 1. The van der Waals surface area contributed by atoms with Crippen molar-refractivity contribution in [3.05, 3.63) is 53.6 Å². The molecule has 152 valence electrons. The number of nitrogens with zero attached hydrogens (tertiary/aromatic N) is 1. The molecule has 0 atom stereocenters. The van der Waals surface area contributed by atoms with Crippen molar-refractivity contribution >= 4 is 61.0 Å². The molecular weight excluding hydrogens is 440 g/mol. The van der Waals surface area contributed by atoms with Crippen LogP contribution in [0.15, 0.2) is 57.2 Å². The minimum Gasteiger partial charge on any atom is -0.326 e. The Kier molecular flexibility index (Phi) is 6.80. The number of isothiocyanates is 1. The van der Waals surface area contributed by atoms with Gasteiger partial charge in [-0.3, -0.25) is 13.9 Å². The van der Waals surface area contributed by atoms with E-state index in [4.69, 9.17) is 0 Å². The van der Waals surface area contributed by atoms with Crippen LogP contribution in [0.5, 0.6) is 0 Å². The second kappa shape index (κ2) is 8.74. The largest absolute Gasteiger partial charge is 0.326 e. The van der Waals surface area contributed by atoms with Crippen LogP contribution < -0.4 is 5.32 Å². The molecule has 3 N–H and O–H groups in total. The second-order valence-corrected chi connectivity index (χ2v) is 8.57. The maximum atomic E-state index is 11.9. The van der Waals surface area contributed by atoms with Gasteiger partial charge in [0.25, 0.3) is 20.2 Å². The molecule has 9 nitrogen and oxygen atoms in total. The monoisotopic (exact) mass is 454 g/mol. The Morgan fingerprint density at radius 2 is 1.69 bits per heavy atom. The molecule has 0 saturated heterocycles. The van der Waals surface area contributed by atoms with Gasteiger partial charge in [-0.05, 0) is 48.1 Å². The van der Waals surface area contributed by atoms with Gasteiger partial charge in [-0.15, -0.1) is 0 Å². The molecular formula is C17H14N2O7S3. The Balaban J connectivity index is 2.84. The van der Waals surface area contributed by atoms with Crippen LogP contribution in [0, 0.1) is 0 Å². The van der Waals surface area contributed by atoms with Crippen LogP contribution in [0.3, 0.4) is 0 Å². The average molecular weight is 455 g/mol. The topological polar surface area (TPSA) is 150 Å². The normalized spacial score (nSPS) is 12.2. The van der Waals surface area contributed by atoms with Crippen molar-refractivity contribution in [2.75, 3.05) is 0 Å². The summed E-state index contributed by atoms with van der Waals surface area (Å²) in [6.45, 7) is 1.15. The summed E-state index contributed by atoms with van der Waals surface area (Å²) in [6.07, 6.45) is 1.15. The highest BCUT2D eigenvalue weighted by Gasteiger charge is 2.21. The van der Waals surface area contributed by atoms with E-state index in [0.717, 1.165) is 25.1 Å². The van der Waals surface area contributed by atoms with Crippen LogP contribution in [0.25, 0.3) is 11.8 Å². The third kappa shape index (κ3) is 5.87. The maximum absolute atomic E-state index is 11.9. The zero-order valence-electron chi connectivity index (χ0n) is 14.7. The van der Waals surface area contributed by atoms with Crippen molar-refractivity contribution in [2.24, 2.45) is 4.99 Å². The molecule has 0 unspecified atom stereocenters. The molecule has 0 radical (unpaired) electrons. The Labute approximate surface area is 172 Å². The third-order valence-corrected chi connectivity index (χ3v) is 5.43. The van der Waals surface area contributed by atoms with Crippen molar-refractivity contribution in [3.8, 4) is 0 Å². The molecule has 0 fully saturated rings. The van der Waals surface area contributed by atoms with Crippen molar-refractivity contribution in [2.45, 2.75) is 16.7 Å². The zero-order valence-corrected chi connectivity index (χ0v) is 17.2. The molecule has 0 heterocycles. The first-order chi connectivity index (χ1) is 13.4. The SMILES string of the molecule is CC(=O)NC(=Cc1ccccc1S(=O)(=O)O)c1ccc(N=C=S)cc1S(=O)(=O)O. The van der Waals surface area contributed by atoms with Gasteiger partial charge in [0.05, 0.1) is 10.8 Å². The van der Waals surface area contributed by atoms with Gasteiger partial charge >= 0.3 is 0 Å².